The van der Waals surface area contributed by atoms with Crippen LogP contribution in [0.2, 0.25) is 0 Å². The van der Waals surface area contributed by atoms with Crippen LogP contribution in [0.1, 0.15) is 18.4 Å². The van der Waals surface area contributed by atoms with Gasteiger partial charge in [0.15, 0.2) is 11.4 Å². The number of anilines is 1. The second-order valence-electron chi connectivity index (χ2n) is 10.0. The number of nitrogens with zero attached hydrogens (tertiary/aromatic N) is 2. The van der Waals surface area contributed by atoms with Crippen molar-refractivity contribution in [1.82, 2.24) is 4.90 Å². The highest BCUT2D eigenvalue weighted by Crippen LogP contribution is 2.85. The van der Waals surface area contributed by atoms with Crippen LogP contribution in [0.3, 0.4) is 0 Å². The van der Waals surface area contributed by atoms with Crippen molar-refractivity contribution in [2.24, 2.45) is 11.3 Å². The molecule has 4 aliphatic carbocycles. The summed E-state index contributed by atoms with van der Waals surface area (Å²) < 4.78 is 17.5. The predicted molar refractivity (Wildman–Crippen MR) is 106 cm³/mol. The second kappa shape index (κ2) is 4.53. The number of hydrogen-bond donors (Lipinski definition) is 1. The van der Waals surface area contributed by atoms with E-state index in [1.807, 2.05) is 18.2 Å². The van der Waals surface area contributed by atoms with Gasteiger partial charge in [0.25, 0.3) is 0 Å². The summed E-state index contributed by atoms with van der Waals surface area (Å²) in [5.74, 6) is -0.171. The average molecular weight is 422 g/mol. The van der Waals surface area contributed by atoms with Crippen molar-refractivity contribution in [3.8, 4) is 5.75 Å². The van der Waals surface area contributed by atoms with Crippen molar-refractivity contribution in [2.45, 2.75) is 47.8 Å². The maximum absolute atomic E-state index is 14.1. The van der Waals surface area contributed by atoms with E-state index < -0.39 is 46.3 Å². The number of benzene rings is 1. The van der Waals surface area contributed by atoms with E-state index >= 15 is 0 Å². The summed E-state index contributed by atoms with van der Waals surface area (Å²) in [5, 5.41) is 12.4. The van der Waals surface area contributed by atoms with Crippen molar-refractivity contribution in [1.29, 1.82) is 0 Å². The van der Waals surface area contributed by atoms with Crippen LogP contribution in [0.25, 0.3) is 0 Å². The molecule has 31 heavy (non-hydrogen) atoms. The van der Waals surface area contributed by atoms with Gasteiger partial charge in [-0.05, 0) is 24.5 Å². The zero-order chi connectivity index (χ0) is 21.1. The van der Waals surface area contributed by atoms with E-state index in [2.05, 4.69) is 17.1 Å². The molecule has 4 saturated carbocycles. The van der Waals surface area contributed by atoms with Crippen LogP contribution in [0.15, 0.2) is 30.4 Å². The molecule has 8 nitrogen and oxygen atoms in total. The summed E-state index contributed by atoms with van der Waals surface area (Å²) >= 11 is 0. The molecule has 0 radical (unpaired) electrons. The maximum Gasteiger partial charge on any atom is 0.414 e. The quantitative estimate of drug-likeness (QED) is 0.675. The van der Waals surface area contributed by atoms with Crippen molar-refractivity contribution in [3.63, 3.8) is 0 Å². The van der Waals surface area contributed by atoms with Gasteiger partial charge in [-0.2, -0.15) is 0 Å². The maximum atomic E-state index is 14.1. The van der Waals surface area contributed by atoms with Gasteiger partial charge in [0.1, 0.15) is 23.6 Å². The number of Topliss-reactive ketones (excluding diaryl/α,β-unsaturated/α-hetero) is 1. The van der Waals surface area contributed by atoms with Crippen LogP contribution in [0.5, 0.6) is 5.75 Å². The molecule has 3 saturated heterocycles. The van der Waals surface area contributed by atoms with Gasteiger partial charge in [-0.15, -0.1) is 0 Å². The molecule has 1 N–H and O–H groups in total. The number of amides is 1. The first kappa shape index (κ1) is 17.2. The van der Waals surface area contributed by atoms with Gasteiger partial charge >= 0.3 is 6.09 Å². The Morgan fingerprint density at radius 1 is 1.29 bits per heavy atom. The van der Waals surface area contributed by atoms with Gasteiger partial charge < -0.3 is 19.3 Å². The Hall–Kier alpha value is -2.42. The van der Waals surface area contributed by atoms with Gasteiger partial charge in [-0.25, -0.2) is 4.79 Å². The molecular formula is C23H22N2O6. The number of fused-ring (bicyclic) bond motifs is 2. The largest absolute Gasteiger partial charge is 0.495 e. The first-order valence-corrected chi connectivity index (χ1v) is 10.9. The van der Waals surface area contributed by atoms with E-state index in [0.717, 1.165) is 12.0 Å². The molecule has 8 heteroatoms. The fraction of sp³-hybridized carbons (Fsp3) is 0.565. The number of para-hydroxylation sites is 1. The van der Waals surface area contributed by atoms with Crippen molar-refractivity contribution in [3.05, 3.63) is 35.9 Å². The highest BCUT2D eigenvalue weighted by molar-refractivity contribution is 6.09. The van der Waals surface area contributed by atoms with Crippen LogP contribution < -0.4 is 9.64 Å². The molecule has 0 aromatic heterocycles. The summed E-state index contributed by atoms with van der Waals surface area (Å²) in [7, 11) is 2.92. The third-order valence-electron chi connectivity index (χ3n) is 9.78. The molecule has 1 aromatic rings. The Balaban J connectivity index is 1.59. The zero-order valence-corrected chi connectivity index (χ0v) is 17.2. The number of ketones is 1. The lowest BCUT2D eigenvalue weighted by atomic mass is 9.40. The number of carbonyl (C=O) groups is 2. The van der Waals surface area contributed by atoms with E-state index in [-0.39, 0.29) is 11.8 Å². The molecule has 7 fully saturated rings. The van der Waals surface area contributed by atoms with Crippen molar-refractivity contribution < 1.29 is 28.9 Å². The topological polar surface area (TPSA) is 88.5 Å². The SMILES string of the molecule is COC(=O)N1c2c(OC)cccc2[C@@]23[C@H]4C(=O)[C@]5(O)[C@@H]6O[C@H]4N4CC=C[C@]6(CC[C@]125)[C@H]43. The summed E-state index contributed by atoms with van der Waals surface area (Å²) in [6.07, 6.45) is 3.93. The zero-order valence-electron chi connectivity index (χ0n) is 17.2. The molecule has 9 atom stereocenters. The Morgan fingerprint density at radius 2 is 2.13 bits per heavy atom. The minimum Gasteiger partial charge on any atom is -0.495 e. The van der Waals surface area contributed by atoms with Gasteiger partial charge in [0, 0.05) is 18.0 Å². The first-order chi connectivity index (χ1) is 15.0. The number of carbonyl (C=O) groups excluding carboxylic acids is 2. The Morgan fingerprint density at radius 3 is 2.90 bits per heavy atom. The van der Waals surface area contributed by atoms with Gasteiger partial charge in [0.05, 0.1) is 31.2 Å². The summed E-state index contributed by atoms with van der Waals surface area (Å²) in [6, 6.07) is 5.71. The van der Waals surface area contributed by atoms with Crippen LogP contribution in [0, 0.1) is 11.3 Å². The van der Waals surface area contributed by atoms with E-state index in [4.69, 9.17) is 14.2 Å². The highest BCUT2D eigenvalue weighted by Gasteiger charge is 3.00. The van der Waals surface area contributed by atoms with Gasteiger partial charge in [0.2, 0.25) is 0 Å². The Labute approximate surface area is 178 Å². The molecule has 5 aliphatic heterocycles. The normalized spacial score (nSPS) is 52.7. The molecule has 1 unspecified atom stereocenters. The van der Waals surface area contributed by atoms with Gasteiger partial charge in [-0.3, -0.25) is 14.6 Å². The highest BCUT2D eigenvalue weighted by atomic mass is 16.6. The number of rotatable bonds is 1. The van der Waals surface area contributed by atoms with Crippen LogP contribution in [0.4, 0.5) is 10.5 Å². The lowest BCUT2D eigenvalue weighted by Crippen LogP contribution is -2.89. The smallest absolute Gasteiger partial charge is 0.414 e. The van der Waals surface area contributed by atoms with Crippen molar-refractivity contribution >= 4 is 17.6 Å². The van der Waals surface area contributed by atoms with E-state index in [9.17, 15) is 14.7 Å². The Bertz CT molecular complexity index is 1170. The molecule has 3 spiro atoms. The van der Waals surface area contributed by atoms with Crippen LogP contribution in [-0.4, -0.2) is 72.2 Å². The Kier molecular flexibility index (Phi) is 2.51. The summed E-state index contributed by atoms with van der Waals surface area (Å²) in [6.45, 7) is 0.696. The molecule has 1 aromatic carbocycles. The number of ether oxygens (including phenoxy) is 3. The molecule has 10 rings (SSSR count). The third kappa shape index (κ3) is 1.18. The third-order valence-corrected chi connectivity index (χ3v) is 9.78. The average Bonchev–Trinajstić information content (AvgIpc) is 3.24. The van der Waals surface area contributed by atoms with Gasteiger partial charge in [-0.1, -0.05) is 24.3 Å². The van der Waals surface area contributed by atoms with Crippen molar-refractivity contribution in [2.75, 3.05) is 25.7 Å². The monoisotopic (exact) mass is 422 g/mol. The lowest BCUT2D eigenvalue weighted by molar-refractivity contribution is -0.308. The number of methoxy groups -OCH3 is 2. The number of aliphatic hydroxyl groups is 1. The fourth-order valence-corrected chi connectivity index (χ4v) is 9.42. The standard InChI is InChI=1S/C23H22N2O6/c1-29-12-6-3-5-11-14(12)25(19(27)30-2)21-9-8-20-7-4-10-24-16-13(22(11,21)17(20)24)15(26)23(21,28)18(20)31-16/h3-7,13,16-18,28H,8-10H2,1-2H3/t13-,16+,17-,18+,20-,21-,22-,23-/m0/s1. The summed E-state index contributed by atoms with van der Waals surface area (Å²) in [5.41, 5.74) is -2.66. The molecule has 9 bridgehead atoms. The molecule has 160 valence electrons. The van der Waals surface area contributed by atoms with E-state index in [0.29, 0.717) is 24.4 Å². The molecule has 1 amide bonds. The minimum absolute atomic E-state index is 0.0280. The van der Waals surface area contributed by atoms with E-state index in [1.54, 1.807) is 12.0 Å². The summed E-state index contributed by atoms with van der Waals surface area (Å²) in [4.78, 5) is 31.3. The molecular weight excluding hydrogens is 400 g/mol. The van der Waals surface area contributed by atoms with Crippen LogP contribution in [-0.2, 0) is 19.7 Å². The van der Waals surface area contributed by atoms with Crippen LogP contribution >= 0.6 is 0 Å². The predicted octanol–water partition coefficient (Wildman–Crippen LogP) is 0.961. The first-order valence-electron chi connectivity index (χ1n) is 10.9. The number of hydrogen-bond acceptors (Lipinski definition) is 7. The molecule has 9 aliphatic rings. The fourth-order valence-electron chi connectivity index (χ4n) is 9.42. The molecule has 5 heterocycles. The minimum atomic E-state index is -1.80. The lowest BCUT2D eigenvalue weighted by Gasteiger charge is -2.72. The second-order valence-corrected chi connectivity index (χ2v) is 10.0. The van der Waals surface area contributed by atoms with E-state index in [1.165, 1.54) is 7.11 Å².